The first-order valence-electron chi connectivity index (χ1n) is 11.4. The van der Waals surface area contributed by atoms with E-state index in [-0.39, 0.29) is 23.5 Å². The summed E-state index contributed by atoms with van der Waals surface area (Å²) in [4.78, 5) is 32.6. The van der Waals surface area contributed by atoms with E-state index in [4.69, 9.17) is 9.47 Å². The second-order valence-electron chi connectivity index (χ2n) is 9.74. The number of anilines is 1. The van der Waals surface area contributed by atoms with Gasteiger partial charge in [0.1, 0.15) is 11.8 Å². The minimum absolute atomic E-state index is 0.000487. The maximum absolute atomic E-state index is 13.4. The van der Waals surface area contributed by atoms with Crippen molar-refractivity contribution in [2.75, 3.05) is 11.7 Å². The molecule has 0 aliphatic carbocycles. The number of Topliss-reactive ketones (excluding diaryl/α,β-unsaturated/α-hetero) is 1. The van der Waals surface area contributed by atoms with E-state index in [1.807, 2.05) is 25.1 Å². The summed E-state index contributed by atoms with van der Waals surface area (Å²) in [5, 5.41) is 11.5. The lowest BCUT2D eigenvalue weighted by molar-refractivity contribution is -0.132. The van der Waals surface area contributed by atoms with E-state index in [1.54, 1.807) is 42.6 Å². The zero-order valence-corrected chi connectivity index (χ0v) is 20.0. The standard InChI is InChI=1S/C28H26N2O5/c1-16-8-9-17(28(2,3)4)13-19(16)25(31)23-24(20-7-5-6-12-29-20)30(27(33)26(23)32)18-10-11-21-22(14-18)35-15-34-21/h5-14,24,31H,15H2,1-4H3/b25-23+. The number of nitrogens with zero attached hydrogens (tertiary/aromatic N) is 2. The molecule has 7 nitrogen and oxygen atoms in total. The zero-order valence-electron chi connectivity index (χ0n) is 20.0. The third kappa shape index (κ3) is 3.83. The van der Waals surface area contributed by atoms with Gasteiger partial charge in [0, 0.05) is 23.5 Å². The summed E-state index contributed by atoms with van der Waals surface area (Å²) in [7, 11) is 0. The average molecular weight is 471 g/mol. The Morgan fingerprint density at radius 2 is 1.80 bits per heavy atom. The number of benzene rings is 2. The van der Waals surface area contributed by atoms with Crippen LogP contribution in [0.3, 0.4) is 0 Å². The maximum atomic E-state index is 13.4. The molecule has 0 radical (unpaired) electrons. The minimum atomic E-state index is -0.908. The van der Waals surface area contributed by atoms with E-state index < -0.39 is 17.7 Å². The lowest BCUT2D eigenvalue weighted by Gasteiger charge is -2.25. The summed E-state index contributed by atoms with van der Waals surface area (Å²) in [6.07, 6.45) is 1.60. The number of rotatable bonds is 3. The van der Waals surface area contributed by atoms with Crippen LogP contribution in [0.4, 0.5) is 5.69 Å². The number of hydrogen-bond acceptors (Lipinski definition) is 6. The fourth-order valence-electron chi connectivity index (χ4n) is 4.44. The highest BCUT2D eigenvalue weighted by Crippen LogP contribution is 2.44. The quantitative estimate of drug-likeness (QED) is 0.328. The molecule has 5 rings (SSSR count). The fourth-order valence-corrected chi connectivity index (χ4v) is 4.44. The van der Waals surface area contributed by atoms with Crippen LogP contribution in [-0.4, -0.2) is 28.6 Å². The molecule has 1 amide bonds. The smallest absolute Gasteiger partial charge is 0.300 e. The van der Waals surface area contributed by atoms with Gasteiger partial charge < -0.3 is 14.6 Å². The number of ketones is 1. The lowest BCUT2D eigenvalue weighted by Crippen LogP contribution is -2.29. The summed E-state index contributed by atoms with van der Waals surface area (Å²) < 4.78 is 10.9. The molecule has 3 aromatic rings. The Hall–Kier alpha value is -4.13. The predicted molar refractivity (Wildman–Crippen MR) is 131 cm³/mol. The molecular formula is C28H26N2O5. The van der Waals surface area contributed by atoms with Gasteiger partial charge in [-0.05, 0) is 53.8 Å². The topological polar surface area (TPSA) is 89.0 Å². The Balaban J connectivity index is 1.72. The molecule has 0 bridgehead atoms. The number of hydrogen-bond donors (Lipinski definition) is 1. The SMILES string of the molecule is Cc1ccc(C(C)(C)C)cc1/C(O)=C1\C(=O)C(=O)N(c2ccc3c(c2)OCO3)C1c1ccccn1. The van der Waals surface area contributed by atoms with Gasteiger partial charge in [-0.25, -0.2) is 0 Å². The number of carbonyl (C=O) groups excluding carboxylic acids is 2. The number of pyridine rings is 1. The highest BCUT2D eigenvalue weighted by Gasteiger charge is 2.48. The average Bonchev–Trinajstić information content (AvgIpc) is 3.40. The van der Waals surface area contributed by atoms with E-state index in [2.05, 4.69) is 25.8 Å². The number of fused-ring (bicyclic) bond motifs is 1. The zero-order chi connectivity index (χ0) is 24.9. The van der Waals surface area contributed by atoms with Gasteiger partial charge in [0.15, 0.2) is 11.5 Å². The number of carbonyl (C=O) groups is 2. The van der Waals surface area contributed by atoms with Crippen LogP contribution in [0.5, 0.6) is 11.5 Å². The minimum Gasteiger partial charge on any atom is -0.507 e. The number of amides is 1. The number of aryl methyl sites for hydroxylation is 1. The summed E-state index contributed by atoms with van der Waals surface area (Å²) in [6, 6.07) is 15.2. The molecular weight excluding hydrogens is 444 g/mol. The van der Waals surface area contributed by atoms with Crippen LogP contribution in [0.15, 0.2) is 66.4 Å². The lowest BCUT2D eigenvalue weighted by atomic mass is 9.84. The Labute approximate surface area is 203 Å². The third-order valence-corrected chi connectivity index (χ3v) is 6.41. The largest absolute Gasteiger partial charge is 0.507 e. The molecule has 0 saturated carbocycles. The first-order valence-corrected chi connectivity index (χ1v) is 11.4. The molecule has 0 spiro atoms. The molecule has 1 atom stereocenters. The Morgan fingerprint density at radius 1 is 1.03 bits per heavy atom. The third-order valence-electron chi connectivity index (χ3n) is 6.41. The highest BCUT2D eigenvalue weighted by atomic mass is 16.7. The highest BCUT2D eigenvalue weighted by molar-refractivity contribution is 6.51. The van der Waals surface area contributed by atoms with Gasteiger partial charge in [-0.15, -0.1) is 0 Å². The van der Waals surface area contributed by atoms with Crippen LogP contribution >= 0.6 is 0 Å². The summed E-state index contributed by atoms with van der Waals surface area (Å²) >= 11 is 0. The van der Waals surface area contributed by atoms with Crippen LogP contribution in [0.2, 0.25) is 0 Å². The Kier molecular flexibility index (Phi) is 5.35. The molecule has 1 unspecified atom stereocenters. The Morgan fingerprint density at radius 3 is 2.51 bits per heavy atom. The summed E-state index contributed by atoms with van der Waals surface area (Å²) in [5.74, 6) is -0.680. The van der Waals surface area contributed by atoms with E-state index in [0.29, 0.717) is 28.4 Å². The van der Waals surface area contributed by atoms with Crippen LogP contribution in [0.25, 0.3) is 5.76 Å². The maximum Gasteiger partial charge on any atom is 0.300 e. The van der Waals surface area contributed by atoms with Crippen LogP contribution in [0.1, 0.15) is 49.2 Å². The van der Waals surface area contributed by atoms with Gasteiger partial charge in [-0.2, -0.15) is 0 Å². The molecule has 2 aliphatic rings. The van der Waals surface area contributed by atoms with Gasteiger partial charge in [-0.1, -0.05) is 39.0 Å². The van der Waals surface area contributed by atoms with Crippen molar-refractivity contribution in [2.45, 2.75) is 39.2 Å². The number of aromatic nitrogens is 1. The molecule has 35 heavy (non-hydrogen) atoms. The summed E-state index contributed by atoms with van der Waals surface area (Å²) in [5.41, 5.74) is 3.07. The van der Waals surface area contributed by atoms with Crippen molar-refractivity contribution in [2.24, 2.45) is 0 Å². The van der Waals surface area contributed by atoms with Crippen molar-refractivity contribution in [3.63, 3.8) is 0 Å². The van der Waals surface area contributed by atoms with Gasteiger partial charge in [0.2, 0.25) is 6.79 Å². The van der Waals surface area contributed by atoms with Crippen molar-refractivity contribution >= 4 is 23.1 Å². The van der Waals surface area contributed by atoms with Crippen molar-refractivity contribution in [1.29, 1.82) is 0 Å². The van der Waals surface area contributed by atoms with Crippen molar-refractivity contribution < 1.29 is 24.2 Å². The molecule has 2 aliphatic heterocycles. The van der Waals surface area contributed by atoms with E-state index in [1.165, 1.54) is 4.90 Å². The Bertz CT molecular complexity index is 1370. The van der Waals surface area contributed by atoms with Crippen LogP contribution in [-0.2, 0) is 15.0 Å². The van der Waals surface area contributed by atoms with Crippen LogP contribution in [0, 0.1) is 6.92 Å². The van der Waals surface area contributed by atoms with E-state index in [0.717, 1.165) is 11.1 Å². The van der Waals surface area contributed by atoms with Crippen molar-refractivity contribution in [1.82, 2.24) is 4.98 Å². The van der Waals surface area contributed by atoms with Gasteiger partial charge in [0.05, 0.1) is 11.3 Å². The first-order chi connectivity index (χ1) is 16.7. The number of ether oxygens (including phenoxy) is 2. The second-order valence-corrected chi connectivity index (χ2v) is 9.74. The second kappa shape index (κ2) is 8.27. The molecule has 1 aromatic heterocycles. The molecule has 1 fully saturated rings. The molecule has 178 valence electrons. The molecule has 7 heteroatoms. The normalized spacial score (nSPS) is 18.9. The van der Waals surface area contributed by atoms with Crippen LogP contribution < -0.4 is 14.4 Å². The van der Waals surface area contributed by atoms with E-state index >= 15 is 0 Å². The van der Waals surface area contributed by atoms with Crippen molar-refractivity contribution in [3.8, 4) is 11.5 Å². The van der Waals surface area contributed by atoms with Gasteiger partial charge in [-0.3, -0.25) is 19.5 Å². The predicted octanol–water partition coefficient (Wildman–Crippen LogP) is 5.04. The van der Waals surface area contributed by atoms with Crippen molar-refractivity contribution in [3.05, 3.63) is 88.8 Å². The number of aliphatic hydroxyl groups excluding tert-OH is 1. The molecule has 1 N–H and O–H groups in total. The van der Waals surface area contributed by atoms with Gasteiger partial charge >= 0.3 is 0 Å². The number of aliphatic hydroxyl groups is 1. The fraction of sp³-hybridized carbons (Fsp3) is 0.250. The monoisotopic (exact) mass is 470 g/mol. The van der Waals surface area contributed by atoms with Gasteiger partial charge in [0.25, 0.3) is 11.7 Å². The molecule has 3 heterocycles. The molecule has 2 aromatic carbocycles. The summed E-state index contributed by atoms with van der Waals surface area (Å²) in [6.45, 7) is 8.19. The van der Waals surface area contributed by atoms with E-state index in [9.17, 15) is 14.7 Å². The first kappa shape index (κ1) is 22.7. The molecule has 1 saturated heterocycles.